The zero-order valence-corrected chi connectivity index (χ0v) is 34.0. The van der Waals surface area contributed by atoms with Crippen LogP contribution in [0, 0.1) is 82.9 Å². The van der Waals surface area contributed by atoms with Crippen LogP contribution in [0.1, 0.15) is 122 Å². The SMILES string of the molecule is CC#CC#CC#CC#CC#CC#CC#CC(=O)OC[C@H](COP(=O)([O-])[O-])OC(=O)CCCCCCCCCCCCCCC.S.[HH].[HH].[HH].[HH].[HH].[HH].[HH].[HH].[HH].[HH].[HH].[HH].[HH].[Na+].[Na+]. The van der Waals surface area contributed by atoms with Crippen molar-refractivity contribution in [1.29, 1.82) is 0 Å². The number of hydrogen-bond acceptors (Lipinski definition) is 8. The van der Waals surface area contributed by atoms with E-state index < -0.39 is 39.1 Å². The van der Waals surface area contributed by atoms with E-state index in [-0.39, 0.29) is 97.6 Å². The zero-order chi connectivity index (χ0) is 32.6. The predicted octanol–water partition coefficient (Wildman–Crippen LogP) is 1.13. The molecule has 0 heterocycles. The van der Waals surface area contributed by atoms with Gasteiger partial charge in [0.2, 0.25) is 0 Å². The number of carbonyl (C=O) groups is 2. The van der Waals surface area contributed by atoms with E-state index in [1.54, 1.807) is 6.92 Å². The maximum Gasteiger partial charge on any atom is 1.00 e. The van der Waals surface area contributed by atoms with E-state index in [9.17, 15) is 23.9 Å². The smallest absolute Gasteiger partial charge is 0.790 e. The molecule has 0 aliphatic rings. The van der Waals surface area contributed by atoms with E-state index in [1.807, 2.05) is 0 Å². The maximum absolute atomic E-state index is 12.2. The van der Waals surface area contributed by atoms with E-state index in [0.29, 0.717) is 6.42 Å². The molecule has 1 atom stereocenters. The van der Waals surface area contributed by atoms with Crippen molar-refractivity contribution in [2.75, 3.05) is 13.2 Å². The fourth-order valence-electron chi connectivity index (χ4n) is 3.48. The fourth-order valence-corrected chi connectivity index (χ4v) is 3.83. The first-order valence-electron chi connectivity index (χ1n) is 14.7. The third-order valence-electron chi connectivity index (χ3n) is 5.58. The van der Waals surface area contributed by atoms with E-state index in [4.69, 9.17) is 9.47 Å². The Balaban J connectivity index is -0.0000000770. The molecule has 0 aromatic carbocycles. The summed E-state index contributed by atoms with van der Waals surface area (Å²) in [6, 6.07) is 0. The second-order valence-electron chi connectivity index (χ2n) is 9.32. The van der Waals surface area contributed by atoms with Crippen molar-refractivity contribution in [2.45, 2.75) is 110 Å². The fraction of sp³-hybridized carbons (Fsp3) is 0.543. The largest absolute Gasteiger partial charge is 1.00 e. The molecule has 0 bridgehead atoms. The molecule has 0 radical (unpaired) electrons. The summed E-state index contributed by atoms with van der Waals surface area (Å²) in [6.45, 7) is 2.54. The summed E-state index contributed by atoms with van der Waals surface area (Å²) in [5.74, 6) is 32.1. The first kappa shape index (κ1) is 52.1. The molecule has 0 saturated carbocycles. The molecule has 0 aliphatic carbocycles. The first-order chi connectivity index (χ1) is 21.3. The number of rotatable bonds is 20. The molecule has 0 aromatic heterocycles. The van der Waals surface area contributed by atoms with Gasteiger partial charge in [0, 0.05) is 30.9 Å². The summed E-state index contributed by atoms with van der Waals surface area (Å²) >= 11 is 0. The van der Waals surface area contributed by atoms with Gasteiger partial charge in [-0.25, -0.2) is 4.79 Å². The van der Waals surface area contributed by atoms with Gasteiger partial charge in [-0.1, -0.05) is 89.9 Å². The van der Waals surface area contributed by atoms with Crippen molar-refractivity contribution in [3.05, 3.63) is 0 Å². The van der Waals surface area contributed by atoms with Gasteiger partial charge in [-0.2, -0.15) is 13.5 Å². The van der Waals surface area contributed by atoms with Crippen molar-refractivity contribution >= 4 is 33.3 Å². The minimum Gasteiger partial charge on any atom is -0.790 e. The Morgan fingerprint density at radius 1 is 0.660 bits per heavy atom. The number of phosphoric acid groups is 1. The molecule has 0 rings (SSSR count). The topological polar surface area (TPSA) is 125 Å². The van der Waals surface area contributed by atoms with Crippen LogP contribution in [-0.4, -0.2) is 31.3 Å². The van der Waals surface area contributed by atoms with Crippen LogP contribution in [0.5, 0.6) is 0 Å². The van der Waals surface area contributed by atoms with Gasteiger partial charge in [0.1, 0.15) is 6.61 Å². The standard InChI is InChI=1S/C35H41O8P.2Na.H2S.13H2/c1-3-5-7-9-11-13-15-17-19-21-23-25-27-29-34(36)41-31-33(32-42-44(38,39)40)43-35(37)30-28-26-24-22-20-18-16-14-12-10-8-6-4-2;;;;;;;;;;;;;;;;/h33H,4,6,8,10,12,14,16,18,20,22,24,26,28,30-32H2,1-2H3,(H2,38,39,40);;;1H2;13*1H/q;2*+1;;;;;;;;;;;;;;/p-2/t33-;;;;;;;;;;;;;;;;/m1................/s1. The second kappa shape index (κ2) is 38.8. The first-order valence-corrected chi connectivity index (χ1v) is 16.2. The van der Waals surface area contributed by atoms with Crippen LogP contribution in [0.15, 0.2) is 0 Å². The molecule has 0 fully saturated rings. The Kier molecular flexibility index (Phi) is 43.0. The van der Waals surface area contributed by atoms with Crippen molar-refractivity contribution in [1.82, 2.24) is 0 Å². The third-order valence-corrected chi connectivity index (χ3v) is 6.04. The summed E-state index contributed by atoms with van der Waals surface area (Å²) in [4.78, 5) is 45.7. The molecule has 0 spiro atoms. The summed E-state index contributed by atoms with van der Waals surface area (Å²) < 4.78 is 25.1. The number of carbonyl (C=O) groups excluding carboxylic acids is 2. The molecule has 0 unspecified atom stereocenters. The monoisotopic (exact) mass is 724 g/mol. The van der Waals surface area contributed by atoms with Crippen molar-refractivity contribution in [3.63, 3.8) is 0 Å². The summed E-state index contributed by atoms with van der Waals surface area (Å²) in [6.07, 6.45) is 13.9. The van der Waals surface area contributed by atoms with Crippen LogP contribution in [0.4, 0.5) is 0 Å². The molecule has 47 heavy (non-hydrogen) atoms. The molecular weight excluding hydrogens is 657 g/mol. The Morgan fingerprint density at radius 2 is 1.06 bits per heavy atom. The van der Waals surface area contributed by atoms with E-state index in [1.165, 1.54) is 57.8 Å². The van der Waals surface area contributed by atoms with Gasteiger partial charge < -0.3 is 28.3 Å². The maximum atomic E-state index is 12.2. The molecule has 0 amide bonds. The van der Waals surface area contributed by atoms with Crippen molar-refractivity contribution in [3.8, 4) is 82.9 Å². The van der Waals surface area contributed by atoms with Gasteiger partial charge in [0.05, 0.1) is 14.4 Å². The Morgan fingerprint density at radius 3 is 1.49 bits per heavy atom. The molecule has 0 aliphatic heterocycles. The summed E-state index contributed by atoms with van der Waals surface area (Å²) in [7, 11) is -5.32. The quantitative estimate of drug-likeness (QED) is 0.0458. The van der Waals surface area contributed by atoms with Crippen LogP contribution in [-0.2, 0) is 28.2 Å². The number of phosphoric ester groups is 1. The second-order valence-corrected chi connectivity index (χ2v) is 10.5. The third kappa shape index (κ3) is 42.3. The van der Waals surface area contributed by atoms with Gasteiger partial charge in [-0.05, 0) is 84.4 Å². The van der Waals surface area contributed by atoms with Crippen LogP contribution in [0.3, 0.4) is 0 Å². The van der Waals surface area contributed by atoms with Crippen LogP contribution in [0.2, 0.25) is 0 Å². The van der Waals surface area contributed by atoms with Crippen LogP contribution in [0.25, 0.3) is 0 Å². The molecule has 0 aromatic rings. The van der Waals surface area contributed by atoms with E-state index >= 15 is 0 Å². The number of unbranched alkanes of at least 4 members (excludes halogenated alkanes) is 12. The molecule has 268 valence electrons. The molecule has 12 heteroatoms. The van der Waals surface area contributed by atoms with Crippen molar-refractivity contribution in [2.24, 2.45) is 0 Å². The molecule has 8 nitrogen and oxygen atoms in total. The number of ether oxygens (including phenoxy) is 2. The van der Waals surface area contributed by atoms with Gasteiger partial charge in [0.25, 0.3) is 0 Å². The number of esters is 2. The van der Waals surface area contributed by atoms with Gasteiger partial charge in [0.15, 0.2) is 6.10 Å². The van der Waals surface area contributed by atoms with Gasteiger partial charge in [-0.15, -0.1) is 0 Å². The molecule has 0 saturated heterocycles. The average Bonchev–Trinajstić information content (AvgIpc) is 2.98. The Bertz CT molecular complexity index is 1420. The Labute approximate surface area is 352 Å². The number of hydrogen-bond donors (Lipinski definition) is 0. The van der Waals surface area contributed by atoms with Crippen LogP contribution >= 0.6 is 21.3 Å². The van der Waals surface area contributed by atoms with E-state index in [0.717, 1.165) is 19.3 Å². The van der Waals surface area contributed by atoms with Crippen molar-refractivity contribution < 1.29 is 116 Å². The molecular formula is C35H67Na2O8PS. The average molecular weight is 725 g/mol. The van der Waals surface area contributed by atoms with Gasteiger partial charge in [-0.3, -0.25) is 4.79 Å². The zero-order valence-electron chi connectivity index (χ0n) is 28.1. The minimum atomic E-state index is -5.32. The van der Waals surface area contributed by atoms with E-state index in [2.05, 4.69) is 94.3 Å². The summed E-state index contributed by atoms with van der Waals surface area (Å²) in [5.41, 5.74) is 0. The minimum absolute atomic E-state index is 0. The summed E-state index contributed by atoms with van der Waals surface area (Å²) in [5, 5.41) is 0. The molecule has 0 N–H and O–H groups in total. The van der Waals surface area contributed by atoms with Crippen LogP contribution < -0.4 is 68.9 Å². The predicted molar refractivity (Wildman–Crippen MR) is 203 cm³/mol. The normalized spacial score (nSPS) is 9.19. The Hall–Kier alpha value is -1.68. The van der Waals surface area contributed by atoms with Gasteiger partial charge >= 0.3 is 71.1 Å².